The highest BCUT2D eigenvalue weighted by atomic mass is 16.4. The van der Waals surface area contributed by atoms with Crippen molar-refractivity contribution in [3.8, 4) is 0 Å². The van der Waals surface area contributed by atoms with Crippen LogP contribution in [0, 0.1) is 5.92 Å². The van der Waals surface area contributed by atoms with Crippen molar-refractivity contribution in [1.82, 2.24) is 4.90 Å². The van der Waals surface area contributed by atoms with Gasteiger partial charge in [-0.3, -0.25) is 9.69 Å². The standard InChI is InChI=1S/C13H23NO2/c1-11-6-9-14(10-11)13(12(15)16)7-4-2-3-5-8-13/h11H,2-10H2,1H3,(H,15,16). The van der Waals surface area contributed by atoms with Gasteiger partial charge >= 0.3 is 5.97 Å². The average Bonchev–Trinajstić information content (AvgIpc) is 2.55. The van der Waals surface area contributed by atoms with Crippen LogP contribution in [-0.4, -0.2) is 34.6 Å². The van der Waals surface area contributed by atoms with Crippen molar-refractivity contribution in [1.29, 1.82) is 0 Å². The molecule has 1 unspecified atom stereocenters. The van der Waals surface area contributed by atoms with Gasteiger partial charge in [-0.25, -0.2) is 0 Å². The van der Waals surface area contributed by atoms with Crippen molar-refractivity contribution in [2.75, 3.05) is 13.1 Å². The topological polar surface area (TPSA) is 40.5 Å². The van der Waals surface area contributed by atoms with E-state index < -0.39 is 11.5 Å². The van der Waals surface area contributed by atoms with E-state index in [0.29, 0.717) is 5.92 Å². The molecule has 2 aliphatic rings. The Morgan fingerprint density at radius 1 is 1.25 bits per heavy atom. The lowest BCUT2D eigenvalue weighted by molar-refractivity contribution is -0.152. The second-order valence-corrected chi connectivity index (χ2v) is 5.59. The minimum Gasteiger partial charge on any atom is -0.480 e. The smallest absolute Gasteiger partial charge is 0.324 e. The Bertz CT molecular complexity index is 257. The molecule has 0 aromatic heterocycles. The van der Waals surface area contributed by atoms with Gasteiger partial charge in [-0.15, -0.1) is 0 Å². The lowest BCUT2D eigenvalue weighted by atomic mass is 9.88. The zero-order valence-electron chi connectivity index (χ0n) is 10.2. The molecule has 0 aromatic carbocycles. The van der Waals surface area contributed by atoms with Gasteiger partial charge in [0.2, 0.25) is 0 Å². The molecule has 16 heavy (non-hydrogen) atoms. The molecule has 1 saturated carbocycles. The molecule has 0 spiro atoms. The first-order valence-corrected chi connectivity index (χ1v) is 6.63. The Kier molecular flexibility index (Phi) is 3.53. The maximum Gasteiger partial charge on any atom is 0.324 e. The molecule has 2 fully saturated rings. The summed E-state index contributed by atoms with van der Waals surface area (Å²) in [6.45, 7) is 4.19. The largest absolute Gasteiger partial charge is 0.480 e. The number of likely N-dealkylation sites (tertiary alicyclic amines) is 1. The number of carbonyl (C=O) groups is 1. The minimum atomic E-state index is -0.580. The molecule has 1 N–H and O–H groups in total. The van der Waals surface area contributed by atoms with E-state index in [-0.39, 0.29) is 0 Å². The van der Waals surface area contributed by atoms with Crippen LogP contribution < -0.4 is 0 Å². The molecule has 3 nitrogen and oxygen atoms in total. The molecule has 1 saturated heterocycles. The predicted molar refractivity (Wildman–Crippen MR) is 63.4 cm³/mol. The van der Waals surface area contributed by atoms with E-state index in [4.69, 9.17) is 0 Å². The number of carboxylic acid groups (broad SMARTS) is 1. The normalized spacial score (nSPS) is 31.2. The van der Waals surface area contributed by atoms with Gasteiger partial charge in [-0.05, 0) is 31.7 Å². The molecule has 1 atom stereocenters. The van der Waals surface area contributed by atoms with Crippen molar-refractivity contribution < 1.29 is 9.90 Å². The zero-order valence-corrected chi connectivity index (χ0v) is 10.2. The molecule has 0 bridgehead atoms. The summed E-state index contributed by atoms with van der Waals surface area (Å²) in [5.74, 6) is 0.0861. The first-order chi connectivity index (χ1) is 7.65. The van der Waals surface area contributed by atoms with E-state index in [1.807, 2.05) is 0 Å². The van der Waals surface area contributed by atoms with Crippen molar-refractivity contribution >= 4 is 5.97 Å². The Hall–Kier alpha value is -0.570. The third kappa shape index (κ3) is 2.10. The van der Waals surface area contributed by atoms with Crippen molar-refractivity contribution in [3.63, 3.8) is 0 Å². The summed E-state index contributed by atoms with van der Waals surface area (Å²) < 4.78 is 0. The fourth-order valence-electron chi connectivity index (χ4n) is 3.30. The summed E-state index contributed by atoms with van der Waals surface area (Å²) in [7, 11) is 0. The van der Waals surface area contributed by atoms with Gasteiger partial charge in [0.1, 0.15) is 5.54 Å². The second-order valence-electron chi connectivity index (χ2n) is 5.59. The number of rotatable bonds is 2. The van der Waals surface area contributed by atoms with Gasteiger partial charge in [0.05, 0.1) is 0 Å². The molecule has 1 heterocycles. The highest BCUT2D eigenvalue weighted by molar-refractivity contribution is 5.78. The minimum absolute atomic E-state index is 0.527. The lowest BCUT2D eigenvalue weighted by Gasteiger charge is -2.37. The van der Waals surface area contributed by atoms with Gasteiger partial charge < -0.3 is 5.11 Å². The van der Waals surface area contributed by atoms with Crippen LogP contribution >= 0.6 is 0 Å². The molecule has 3 heteroatoms. The van der Waals surface area contributed by atoms with Crippen LogP contribution in [0.5, 0.6) is 0 Å². The quantitative estimate of drug-likeness (QED) is 0.734. The third-order valence-electron chi connectivity index (χ3n) is 4.36. The molecular formula is C13H23NO2. The summed E-state index contributed by atoms with van der Waals surface area (Å²) in [4.78, 5) is 13.9. The van der Waals surface area contributed by atoms with Crippen LogP contribution in [0.2, 0.25) is 0 Å². The maximum atomic E-state index is 11.7. The average molecular weight is 225 g/mol. The molecule has 0 amide bonds. The summed E-state index contributed by atoms with van der Waals surface area (Å²) in [6.07, 6.45) is 7.45. The maximum absolute atomic E-state index is 11.7. The number of hydrogen-bond donors (Lipinski definition) is 1. The number of hydrogen-bond acceptors (Lipinski definition) is 2. The van der Waals surface area contributed by atoms with Crippen LogP contribution in [0.25, 0.3) is 0 Å². The van der Waals surface area contributed by atoms with Crippen molar-refractivity contribution in [2.24, 2.45) is 5.92 Å². The fraction of sp³-hybridized carbons (Fsp3) is 0.923. The number of nitrogens with zero attached hydrogens (tertiary/aromatic N) is 1. The van der Waals surface area contributed by atoms with Gasteiger partial charge in [0.25, 0.3) is 0 Å². The highest BCUT2D eigenvalue weighted by Gasteiger charge is 2.45. The molecule has 1 aliphatic heterocycles. The highest BCUT2D eigenvalue weighted by Crippen LogP contribution is 2.36. The SMILES string of the molecule is CC1CCN(C2(C(=O)O)CCCCCC2)C1. The van der Waals surface area contributed by atoms with Crippen LogP contribution in [0.15, 0.2) is 0 Å². The molecule has 92 valence electrons. The zero-order chi connectivity index (χ0) is 11.6. The Labute approximate surface area is 97.8 Å². The van der Waals surface area contributed by atoms with Crippen molar-refractivity contribution in [3.05, 3.63) is 0 Å². The van der Waals surface area contributed by atoms with E-state index >= 15 is 0 Å². The predicted octanol–water partition coefficient (Wildman–Crippen LogP) is 2.51. The summed E-state index contributed by atoms with van der Waals surface area (Å²) in [5, 5.41) is 9.62. The van der Waals surface area contributed by atoms with Gasteiger partial charge in [0, 0.05) is 6.54 Å². The van der Waals surface area contributed by atoms with Gasteiger partial charge in [-0.2, -0.15) is 0 Å². The van der Waals surface area contributed by atoms with Crippen LogP contribution in [0.3, 0.4) is 0 Å². The third-order valence-corrected chi connectivity index (χ3v) is 4.36. The Morgan fingerprint density at radius 2 is 1.88 bits per heavy atom. The van der Waals surface area contributed by atoms with E-state index in [1.165, 1.54) is 12.8 Å². The van der Waals surface area contributed by atoms with Crippen LogP contribution in [-0.2, 0) is 4.79 Å². The summed E-state index contributed by atoms with van der Waals surface area (Å²) in [5.41, 5.74) is -0.527. The second kappa shape index (κ2) is 4.74. The first kappa shape index (κ1) is 11.9. The Balaban J connectivity index is 2.16. The van der Waals surface area contributed by atoms with Crippen molar-refractivity contribution in [2.45, 2.75) is 57.4 Å². The molecule has 1 aliphatic carbocycles. The first-order valence-electron chi connectivity index (χ1n) is 6.63. The van der Waals surface area contributed by atoms with Crippen LogP contribution in [0.1, 0.15) is 51.9 Å². The number of aliphatic carboxylic acids is 1. The molecular weight excluding hydrogens is 202 g/mol. The Morgan fingerprint density at radius 3 is 2.31 bits per heavy atom. The fourth-order valence-corrected chi connectivity index (χ4v) is 3.30. The summed E-state index contributed by atoms with van der Waals surface area (Å²) >= 11 is 0. The van der Waals surface area contributed by atoms with E-state index in [2.05, 4.69) is 11.8 Å². The molecule has 0 radical (unpaired) electrons. The molecule has 0 aromatic rings. The summed E-state index contributed by atoms with van der Waals surface area (Å²) in [6, 6.07) is 0. The van der Waals surface area contributed by atoms with Crippen LogP contribution in [0.4, 0.5) is 0 Å². The van der Waals surface area contributed by atoms with E-state index in [1.54, 1.807) is 0 Å². The number of carboxylic acids is 1. The van der Waals surface area contributed by atoms with E-state index in [0.717, 1.165) is 45.2 Å². The lowest BCUT2D eigenvalue weighted by Crippen LogP contribution is -2.53. The monoisotopic (exact) mass is 225 g/mol. The van der Waals surface area contributed by atoms with E-state index in [9.17, 15) is 9.90 Å². The van der Waals surface area contributed by atoms with Gasteiger partial charge in [0.15, 0.2) is 0 Å². The molecule has 2 rings (SSSR count). The van der Waals surface area contributed by atoms with Gasteiger partial charge in [-0.1, -0.05) is 32.6 Å².